The van der Waals surface area contributed by atoms with Crippen molar-refractivity contribution in [3.63, 3.8) is 0 Å². The Morgan fingerprint density at radius 2 is 1.91 bits per heavy atom. The SMILES string of the molecule is CCc1nc2sc(N(C)CC3CCC(C)N3CC(=O)N3CC(O)C3)nn2c1N(C)c1nc(-c2ccc(F)cc2)c(C#N)s1. The highest BCUT2D eigenvalue weighted by molar-refractivity contribution is 7.20. The number of amides is 1. The second-order valence-electron chi connectivity index (χ2n) is 11.3. The van der Waals surface area contributed by atoms with E-state index >= 15 is 0 Å². The molecule has 2 fully saturated rings. The van der Waals surface area contributed by atoms with Crippen molar-refractivity contribution in [3.05, 3.63) is 40.7 Å². The van der Waals surface area contributed by atoms with E-state index in [0.717, 1.165) is 41.0 Å². The maximum atomic E-state index is 13.5. The number of hydrogen-bond donors (Lipinski definition) is 1. The zero-order valence-electron chi connectivity index (χ0n) is 24.6. The van der Waals surface area contributed by atoms with E-state index in [1.807, 2.05) is 30.4 Å². The number of thiazole rings is 1. The number of likely N-dealkylation sites (N-methyl/N-ethyl adjacent to an activating group) is 1. The number of nitriles is 1. The summed E-state index contributed by atoms with van der Waals surface area (Å²) in [6, 6.07) is 8.74. The van der Waals surface area contributed by atoms with E-state index in [2.05, 4.69) is 22.8 Å². The van der Waals surface area contributed by atoms with Crippen molar-refractivity contribution in [2.45, 2.75) is 51.3 Å². The number of aromatic nitrogens is 4. The average Bonchev–Trinajstić information content (AvgIpc) is 3.74. The van der Waals surface area contributed by atoms with Crippen LogP contribution >= 0.6 is 22.7 Å². The number of hydrogen-bond acceptors (Lipinski definition) is 11. The fraction of sp³-hybridized carbons (Fsp3) is 0.483. The molecule has 0 radical (unpaired) electrons. The van der Waals surface area contributed by atoms with Crippen molar-refractivity contribution < 1.29 is 14.3 Å². The molecule has 1 aromatic carbocycles. The zero-order chi connectivity index (χ0) is 30.4. The molecule has 2 unspecified atom stereocenters. The Balaban J connectivity index is 1.23. The highest BCUT2D eigenvalue weighted by atomic mass is 32.1. The van der Waals surface area contributed by atoms with Crippen LogP contribution in [0.2, 0.25) is 0 Å². The number of aliphatic hydroxyl groups excluding tert-OH is 1. The Kier molecular flexibility index (Phi) is 8.08. The molecule has 1 amide bonds. The number of rotatable bonds is 9. The van der Waals surface area contributed by atoms with E-state index in [-0.39, 0.29) is 17.8 Å². The Morgan fingerprint density at radius 3 is 2.58 bits per heavy atom. The quantitative estimate of drug-likeness (QED) is 0.298. The summed E-state index contributed by atoms with van der Waals surface area (Å²) in [5, 5.41) is 25.8. The maximum absolute atomic E-state index is 13.5. The summed E-state index contributed by atoms with van der Waals surface area (Å²) in [5.41, 5.74) is 2.07. The lowest BCUT2D eigenvalue weighted by Gasteiger charge is -2.38. The molecule has 226 valence electrons. The summed E-state index contributed by atoms with van der Waals surface area (Å²) < 4.78 is 15.4. The van der Waals surface area contributed by atoms with Crippen LogP contribution in [0.1, 0.15) is 37.3 Å². The van der Waals surface area contributed by atoms with E-state index < -0.39 is 6.10 Å². The zero-order valence-corrected chi connectivity index (χ0v) is 26.2. The summed E-state index contributed by atoms with van der Waals surface area (Å²) in [6.07, 6.45) is 2.32. The van der Waals surface area contributed by atoms with Gasteiger partial charge >= 0.3 is 0 Å². The molecule has 0 aliphatic carbocycles. The van der Waals surface area contributed by atoms with Gasteiger partial charge in [0, 0.05) is 51.4 Å². The standard InChI is InChI=1S/C29H34FN9O2S2/c1-5-22-26(36(4)27-33-25(23(12-31)42-27)18-7-9-19(30)10-8-18)39-28(32-22)43-29(34-39)35(3)13-20-11-6-17(2)38(20)16-24(41)37-14-21(40)15-37/h7-10,17,20-21,40H,5-6,11,13-16H2,1-4H3. The topological polar surface area (TPSA) is 117 Å². The maximum Gasteiger partial charge on any atom is 0.236 e. The molecule has 0 saturated carbocycles. The predicted octanol–water partition coefficient (Wildman–Crippen LogP) is 3.75. The van der Waals surface area contributed by atoms with Crippen LogP contribution in [0.25, 0.3) is 16.2 Å². The van der Waals surface area contributed by atoms with Gasteiger partial charge in [-0.05, 0) is 50.5 Å². The molecule has 4 aromatic rings. The van der Waals surface area contributed by atoms with Crippen LogP contribution in [-0.2, 0) is 11.2 Å². The number of fused-ring (bicyclic) bond motifs is 1. The van der Waals surface area contributed by atoms with Gasteiger partial charge in [-0.25, -0.2) is 14.4 Å². The Hall–Kier alpha value is -3.64. The minimum Gasteiger partial charge on any atom is -0.389 e. The van der Waals surface area contributed by atoms with Crippen molar-refractivity contribution in [1.82, 2.24) is 29.4 Å². The molecule has 2 aliphatic rings. The van der Waals surface area contributed by atoms with Gasteiger partial charge in [-0.15, -0.1) is 5.10 Å². The summed E-state index contributed by atoms with van der Waals surface area (Å²) >= 11 is 2.78. The molecule has 0 bridgehead atoms. The molecule has 2 atom stereocenters. The van der Waals surface area contributed by atoms with Gasteiger partial charge in [-0.2, -0.15) is 9.78 Å². The molecule has 2 saturated heterocycles. The van der Waals surface area contributed by atoms with Crippen LogP contribution in [0.5, 0.6) is 0 Å². The number of halogens is 1. The fourth-order valence-electron chi connectivity index (χ4n) is 5.83. The number of aryl methyl sites for hydroxylation is 1. The van der Waals surface area contributed by atoms with E-state index in [0.29, 0.717) is 53.4 Å². The first-order chi connectivity index (χ1) is 20.7. The number of carbonyl (C=O) groups excluding carboxylic acids is 1. The minimum atomic E-state index is -0.399. The van der Waals surface area contributed by atoms with Crippen LogP contribution in [0, 0.1) is 17.1 Å². The predicted molar refractivity (Wildman–Crippen MR) is 166 cm³/mol. The van der Waals surface area contributed by atoms with Gasteiger partial charge in [0.1, 0.15) is 22.5 Å². The molecule has 11 nitrogen and oxygen atoms in total. The number of carbonyl (C=O) groups is 1. The number of benzene rings is 1. The first-order valence-electron chi connectivity index (χ1n) is 14.4. The first kappa shape index (κ1) is 29.4. The van der Waals surface area contributed by atoms with E-state index in [1.54, 1.807) is 17.0 Å². The summed E-state index contributed by atoms with van der Waals surface area (Å²) in [5.74, 6) is 0.517. The lowest BCUT2D eigenvalue weighted by Crippen LogP contribution is -2.57. The summed E-state index contributed by atoms with van der Waals surface area (Å²) in [7, 11) is 3.91. The highest BCUT2D eigenvalue weighted by Gasteiger charge is 2.36. The van der Waals surface area contributed by atoms with Gasteiger partial charge < -0.3 is 19.8 Å². The third-order valence-electron chi connectivity index (χ3n) is 8.31. The van der Waals surface area contributed by atoms with Crippen LogP contribution < -0.4 is 9.80 Å². The van der Waals surface area contributed by atoms with Crippen LogP contribution in [0.4, 0.5) is 20.5 Å². The molecule has 5 heterocycles. The van der Waals surface area contributed by atoms with Gasteiger partial charge in [-0.3, -0.25) is 9.69 Å². The third kappa shape index (κ3) is 5.58. The number of likely N-dealkylation sites (tertiary alicyclic amines) is 2. The lowest BCUT2D eigenvalue weighted by molar-refractivity contribution is -0.143. The molecule has 3 aromatic heterocycles. The number of aliphatic hydroxyl groups is 1. The Labute approximate surface area is 257 Å². The summed E-state index contributed by atoms with van der Waals surface area (Å²) in [4.78, 5) is 31.7. The van der Waals surface area contributed by atoms with Crippen molar-refractivity contribution in [3.8, 4) is 17.3 Å². The van der Waals surface area contributed by atoms with Crippen LogP contribution in [0.15, 0.2) is 24.3 Å². The van der Waals surface area contributed by atoms with Crippen LogP contribution in [0.3, 0.4) is 0 Å². The Morgan fingerprint density at radius 1 is 1.16 bits per heavy atom. The molecule has 14 heteroatoms. The van der Waals surface area contributed by atoms with Crippen molar-refractivity contribution in [1.29, 1.82) is 5.26 Å². The molecule has 1 N–H and O–H groups in total. The van der Waals surface area contributed by atoms with Crippen LogP contribution in [-0.4, -0.2) is 98.9 Å². The second kappa shape index (κ2) is 11.8. The van der Waals surface area contributed by atoms with Gasteiger partial charge in [0.2, 0.25) is 16.0 Å². The Bertz CT molecular complexity index is 1670. The van der Waals surface area contributed by atoms with E-state index in [4.69, 9.17) is 15.1 Å². The lowest BCUT2D eigenvalue weighted by atomic mass is 10.1. The molecular formula is C29H34FN9O2S2. The number of β-amino-alcohol motifs (C(OH)–C–C–N with tert-alkyl or cyclic N) is 1. The third-order valence-corrected chi connectivity index (χ3v) is 10.4. The molecular weight excluding hydrogens is 590 g/mol. The highest BCUT2D eigenvalue weighted by Crippen LogP contribution is 2.38. The van der Waals surface area contributed by atoms with Gasteiger partial charge in [0.15, 0.2) is 10.9 Å². The van der Waals surface area contributed by atoms with Crippen molar-refractivity contribution in [2.75, 3.05) is 50.1 Å². The first-order valence-corrected chi connectivity index (χ1v) is 16.0. The monoisotopic (exact) mass is 623 g/mol. The number of anilines is 3. The van der Waals surface area contributed by atoms with Crippen molar-refractivity contribution in [2.24, 2.45) is 0 Å². The van der Waals surface area contributed by atoms with E-state index in [9.17, 15) is 19.6 Å². The molecule has 2 aliphatic heterocycles. The molecule has 43 heavy (non-hydrogen) atoms. The molecule has 6 rings (SSSR count). The largest absolute Gasteiger partial charge is 0.389 e. The van der Waals surface area contributed by atoms with Gasteiger partial charge in [0.25, 0.3) is 0 Å². The molecule has 0 spiro atoms. The second-order valence-corrected chi connectivity index (χ2v) is 13.2. The summed E-state index contributed by atoms with van der Waals surface area (Å²) in [6.45, 7) is 6.15. The fourth-order valence-corrected chi connectivity index (χ4v) is 7.57. The smallest absolute Gasteiger partial charge is 0.236 e. The van der Waals surface area contributed by atoms with Gasteiger partial charge in [0.05, 0.1) is 18.3 Å². The van der Waals surface area contributed by atoms with Gasteiger partial charge in [-0.1, -0.05) is 29.6 Å². The van der Waals surface area contributed by atoms with Crippen molar-refractivity contribution >= 4 is 49.6 Å². The normalized spacial score (nSPS) is 19.1. The average molecular weight is 624 g/mol. The number of imidazole rings is 1. The number of nitrogens with zero attached hydrogens (tertiary/aromatic N) is 9. The van der Waals surface area contributed by atoms with E-state index in [1.165, 1.54) is 34.8 Å². The minimum absolute atomic E-state index is 0.0727.